The van der Waals surface area contributed by atoms with Crippen LogP contribution in [-0.4, -0.2) is 11.5 Å². The Morgan fingerprint density at radius 3 is 2.94 bits per heavy atom. The second-order valence-corrected chi connectivity index (χ2v) is 4.57. The molecule has 0 radical (unpaired) electrons. The van der Waals surface area contributed by atoms with E-state index in [-0.39, 0.29) is 0 Å². The zero-order chi connectivity index (χ0) is 12.4. The summed E-state index contributed by atoms with van der Waals surface area (Å²) in [6.45, 7) is 1.54. The smallest absolute Gasteiger partial charge is 0.137 e. The predicted molar refractivity (Wildman–Crippen MR) is 73.9 cm³/mol. The highest BCUT2D eigenvalue weighted by Gasteiger charge is 2.20. The fraction of sp³-hybridized carbons (Fsp3) is 0.267. The maximum Gasteiger partial charge on any atom is 0.137 e. The van der Waals surface area contributed by atoms with Crippen LogP contribution in [0.5, 0.6) is 0 Å². The highest BCUT2D eigenvalue weighted by atomic mass is 15.2. The minimum Gasteiger partial charge on any atom is -0.326 e. The molecule has 1 aromatic heterocycles. The number of para-hydroxylation sites is 1. The van der Waals surface area contributed by atoms with Gasteiger partial charge in [0.05, 0.1) is 0 Å². The second kappa shape index (κ2) is 4.78. The maximum absolute atomic E-state index is 5.81. The molecule has 0 spiro atoms. The normalized spacial score (nSPS) is 14.4. The molecule has 1 aliphatic rings. The van der Waals surface area contributed by atoms with Crippen molar-refractivity contribution < 1.29 is 0 Å². The van der Waals surface area contributed by atoms with Crippen LogP contribution in [0.1, 0.15) is 17.5 Å². The Hall–Kier alpha value is -1.87. The van der Waals surface area contributed by atoms with Gasteiger partial charge in [0.25, 0.3) is 0 Å². The lowest BCUT2D eigenvalue weighted by Gasteiger charge is -2.31. The van der Waals surface area contributed by atoms with Gasteiger partial charge in [-0.15, -0.1) is 0 Å². The highest BCUT2D eigenvalue weighted by Crippen LogP contribution is 2.33. The van der Waals surface area contributed by atoms with Gasteiger partial charge < -0.3 is 10.6 Å². The first kappa shape index (κ1) is 11.2. The van der Waals surface area contributed by atoms with E-state index in [0.29, 0.717) is 6.54 Å². The standard InChI is InChI=1S/C15H17N3/c16-11-13-6-3-9-17-15(13)18-10-4-7-12-5-1-2-8-14(12)18/h1-3,5-6,8-9H,4,7,10-11,16H2. The Morgan fingerprint density at radius 2 is 2.06 bits per heavy atom. The second-order valence-electron chi connectivity index (χ2n) is 4.57. The molecular formula is C15H17N3. The van der Waals surface area contributed by atoms with E-state index in [2.05, 4.69) is 40.2 Å². The third-order valence-electron chi connectivity index (χ3n) is 3.45. The zero-order valence-electron chi connectivity index (χ0n) is 10.3. The first-order chi connectivity index (χ1) is 8.90. The van der Waals surface area contributed by atoms with Crippen molar-refractivity contribution in [2.45, 2.75) is 19.4 Å². The van der Waals surface area contributed by atoms with Gasteiger partial charge >= 0.3 is 0 Å². The Balaban J connectivity index is 2.08. The number of hydrogen-bond acceptors (Lipinski definition) is 3. The first-order valence-corrected chi connectivity index (χ1v) is 6.39. The van der Waals surface area contributed by atoms with Crippen molar-refractivity contribution >= 4 is 11.5 Å². The number of anilines is 2. The summed E-state index contributed by atoms with van der Waals surface area (Å²) in [6, 6.07) is 12.6. The van der Waals surface area contributed by atoms with Gasteiger partial charge in [-0.05, 0) is 30.5 Å². The number of aryl methyl sites for hydroxylation is 1. The molecule has 2 N–H and O–H groups in total. The van der Waals surface area contributed by atoms with E-state index in [4.69, 9.17) is 5.73 Å². The van der Waals surface area contributed by atoms with E-state index in [1.807, 2.05) is 12.3 Å². The molecule has 92 valence electrons. The van der Waals surface area contributed by atoms with E-state index < -0.39 is 0 Å². The van der Waals surface area contributed by atoms with Crippen LogP contribution in [-0.2, 0) is 13.0 Å². The van der Waals surface area contributed by atoms with E-state index >= 15 is 0 Å². The summed E-state index contributed by atoms with van der Waals surface area (Å²) < 4.78 is 0. The lowest BCUT2D eigenvalue weighted by molar-refractivity contribution is 0.755. The molecule has 3 nitrogen and oxygen atoms in total. The van der Waals surface area contributed by atoms with Crippen molar-refractivity contribution in [1.82, 2.24) is 4.98 Å². The van der Waals surface area contributed by atoms with Gasteiger partial charge in [0.1, 0.15) is 5.82 Å². The summed E-state index contributed by atoms with van der Waals surface area (Å²) in [5.74, 6) is 1.01. The van der Waals surface area contributed by atoms with Gasteiger partial charge in [0, 0.05) is 30.5 Å². The summed E-state index contributed by atoms with van der Waals surface area (Å²) in [5, 5.41) is 0. The lowest BCUT2D eigenvalue weighted by atomic mass is 10.0. The lowest BCUT2D eigenvalue weighted by Crippen LogP contribution is -2.26. The third-order valence-corrected chi connectivity index (χ3v) is 3.45. The highest BCUT2D eigenvalue weighted by molar-refractivity contribution is 5.67. The number of hydrogen-bond donors (Lipinski definition) is 1. The van der Waals surface area contributed by atoms with Crippen LogP contribution in [0.2, 0.25) is 0 Å². The average molecular weight is 239 g/mol. The largest absolute Gasteiger partial charge is 0.326 e. The molecule has 1 aliphatic heterocycles. The fourth-order valence-electron chi connectivity index (χ4n) is 2.59. The summed E-state index contributed by atoms with van der Waals surface area (Å²) in [5.41, 5.74) is 9.59. The Bertz CT molecular complexity index is 551. The number of fused-ring (bicyclic) bond motifs is 1. The third kappa shape index (κ3) is 1.87. The Labute approximate surface area is 107 Å². The van der Waals surface area contributed by atoms with Gasteiger partial charge in [-0.25, -0.2) is 4.98 Å². The predicted octanol–water partition coefficient (Wildman–Crippen LogP) is 2.62. The van der Waals surface area contributed by atoms with Crippen molar-refractivity contribution in [3.05, 3.63) is 53.7 Å². The van der Waals surface area contributed by atoms with Crippen LogP contribution in [0.25, 0.3) is 0 Å². The van der Waals surface area contributed by atoms with Crippen LogP contribution in [0, 0.1) is 0 Å². The summed E-state index contributed by atoms with van der Waals surface area (Å²) in [7, 11) is 0. The quantitative estimate of drug-likeness (QED) is 0.876. The number of rotatable bonds is 2. The molecular weight excluding hydrogens is 222 g/mol. The average Bonchev–Trinajstić information content (AvgIpc) is 2.46. The molecule has 0 fully saturated rings. The molecule has 0 saturated carbocycles. The van der Waals surface area contributed by atoms with Crippen LogP contribution >= 0.6 is 0 Å². The van der Waals surface area contributed by atoms with Crippen molar-refractivity contribution in [2.75, 3.05) is 11.4 Å². The molecule has 3 heteroatoms. The molecule has 18 heavy (non-hydrogen) atoms. The van der Waals surface area contributed by atoms with E-state index in [0.717, 1.165) is 30.8 Å². The molecule has 1 aromatic carbocycles. The summed E-state index contributed by atoms with van der Waals surface area (Å²) >= 11 is 0. The Morgan fingerprint density at radius 1 is 1.17 bits per heavy atom. The van der Waals surface area contributed by atoms with Crippen molar-refractivity contribution in [3.8, 4) is 0 Å². The monoisotopic (exact) mass is 239 g/mol. The van der Waals surface area contributed by atoms with E-state index in [9.17, 15) is 0 Å². The van der Waals surface area contributed by atoms with Crippen LogP contribution in [0.15, 0.2) is 42.6 Å². The number of nitrogens with two attached hydrogens (primary N) is 1. The summed E-state index contributed by atoms with van der Waals surface area (Å²) in [6.07, 6.45) is 4.15. The van der Waals surface area contributed by atoms with Gasteiger partial charge in [-0.3, -0.25) is 0 Å². The van der Waals surface area contributed by atoms with E-state index in [1.165, 1.54) is 11.3 Å². The Kier molecular flexibility index (Phi) is 2.99. The number of benzene rings is 1. The maximum atomic E-state index is 5.81. The fourth-order valence-corrected chi connectivity index (χ4v) is 2.59. The van der Waals surface area contributed by atoms with Gasteiger partial charge in [-0.2, -0.15) is 0 Å². The summed E-state index contributed by atoms with van der Waals surface area (Å²) in [4.78, 5) is 6.81. The minimum atomic E-state index is 0.530. The first-order valence-electron chi connectivity index (χ1n) is 6.39. The van der Waals surface area contributed by atoms with Crippen LogP contribution in [0.3, 0.4) is 0 Å². The van der Waals surface area contributed by atoms with Crippen LogP contribution in [0.4, 0.5) is 11.5 Å². The zero-order valence-corrected chi connectivity index (χ0v) is 10.3. The number of nitrogens with zero attached hydrogens (tertiary/aromatic N) is 2. The molecule has 0 saturated heterocycles. The molecule has 0 unspecified atom stereocenters. The molecule has 2 aromatic rings. The van der Waals surface area contributed by atoms with Crippen molar-refractivity contribution in [3.63, 3.8) is 0 Å². The topological polar surface area (TPSA) is 42.1 Å². The van der Waals surface area contributed by atoms with Gasteiger partial charge in [-0.1, -0.05) is 24.3 Å². The molecule has 0 aliphatic carbocycles. The van der Waals surface area contributed by atoms with E-state index in [1.54, 1.807) is 0 Å². The SMILES string of the molecule is NCc1cccnc1N1CCCc2ccccc21. The van der Waals surface area contributed by atoms with Gasteiger partial charge in [0.2, 0.25) is 0 Å². The molecule has 3 rings (SSSR count). The van der Waals surface area contributed by atoms with Gasteiger partial charge in [0.15, 0.2) is 0 Å². The minimum absolute atomic E-state index is 0.530. The van der Waals surface area contributed by atoms with Crippen LogP contribution < -0.4 is 10.6 Å². The molecule has 0 amide bonds. The number of aromatic nitrogens is 1. The van der Waals surface area contributed by atoms with Crippen molar-refractivity contribution in [1.29, 1.82) is 0 Å². The molecule has 0 atom stereocenters. The molecule has 2 heterocycles. The van der Waals surface area contributed by atoms with Crippen molar-refractivity contribution in [2.24, 2.45) is 5.73 Å². The number of pyridine rings is 1. The molecule has 0 bridgehead atoms.